The lowest BCUT2D eigenvalue weighted by Gasteiger charge is -2.07. The fourth-order valence-electron chi connectivity index (χ4n) is 2.71. The standard InChI is InChI=1S/C19H19ClN2O2/c1-12(23)21-11-13-5-7-14(8-6-13)19(24)22-18-10-17(18)15-3-2-4-16(20)9-15/h2-9,17-18H,10-11H2,1H3,(H,21,23)(H,22,24)/t17-,18-/m0/s1. The van der Waals surface area contributed by atoms with Gasteiger partial charge in [0.25, 0.3) is 5.91 Å². The first kappa shape index (κ1) is 16.5. The molecule has 0 radical (unpaired) electrons. The summed E-state index contributed by atoms with van der Waals surface area (Å²) in [4.78, 5) is 23.2. The van der Waals surface area contributed by atoms with Gasteiger partial charge in [-0.05, 0) is 41.8 Å². The molecule has 4 nitrogen and oxygen atoms in total. The summed E-state index contributed by atoms with van der Waals surface area (Å²) < 4.78 is 0. The minimum absolute atomic E-state index is 0.0717. The van der Waals surface area contributed by atoms with Crippen molar-refractivity contribution in [2.24, 2.45) is 0 Å². The van der Waals surface area contributed by atoms with Crippen LogP contribution in [0.5, 0.6) is 0 Å². The first-order chi connectivity index (χ1) is 11.5. The summed E-state index contributed by atoms with van der Waals surface area (Å²) in [5.74, 6) is 0.194. The van der Waals surface area contributed by atoms with Gasteiger partial charge in [-0.1, -0.05) is 35.9 Å². The summed E-state index contributed by atoms with van der Waals surface area (Å²) in [5, 5.41) is 6.51. The van der Waals surface area contributed by atoms with Gasteiger partial charge in [0.05, 0.1) is 0 Å². The number of carbonyl (C=O) groups is 2. The second-order valence-corrected chi connectivity index (χ2v) is 6.52. The van der Waals surface area contributed by atoms with Crippen molar-refractivity contribution in [3.63, 3.8) is 0 Å². The molecule has 3 rings (SSSR count). The van der Waals surface area contributed by atoms with E-state index in [2.05, 4.69) is 10.6 Å². The summed E-state index contributed by atoms with van der Waals surface area (Å²) in [7, 11) is 0. The van der Waals surface area contributed by atoms with Gasteiger partial charge in [-0.2, -0.15) is 0 Å². The van der Waals surface area contributed by atoms with Crippen molar-refractivity contribution in [1.29, 1.82) is 0 Å². The van der Waals surface area contributed by atoms with Gasteiger partial charge in [0.2, 0.25) is 5.91 Å². The Morgan fingerprint density at radius 1 is 1.17 bits per heavy atom. The van der Waals surface area contributed by atoms with Gasteiger partial charge in [-0.15, -0.1) is 0 Å². The van der Waals surface area contributed by atoms with Crippen molar-refractivity contribution in [3.8, 4) is 0 Å². The SMILES string of the molecule is CC(=O)NCc1ccc(C(=O)N[C@H]2C[C@H]2c2cccc(Cl)c2)cc1. The largest absolute Gasteiger partial charge is 0.352 e. The fraction of sp³-hybridized carbons (Fsp3) is 0.263. The van der Waals surface area contributed by atoms with Crippen molar-refractivity contribution in [2.75, 3.05) is 0 Å². The molecule has 0 heterocycles. The molecule has 1 aliphatic rings. The number of benzene rings is 2. The molecule has 1 fully saturated rings. The normalized spacial score (nSPS) is 18.8. The van der Waals surface area contributed by atoms with Crippen LogP contribution in [0.4, 0.5) is 0 Å². The molecule has 0 bridgehead atoms. The third kappa shape index (κ3) is 4.15. The highest BCUT2D eigenvalue weighted by atomic mass is 35.5. The zero-order valence-electron chi connectivity index (χ0n) is 13.4. The summed E-state index contributed by atoms with van der Waals surface area (Å²) in [6.07, 6.45) is 0.937. The van der Waals surface area contributed by atoms with Crippen LogP contribution in [-0.4, -0.2) is 17.9 Å². The van der Waals surface area contributed by atoms with E-state index in [1.54, 1.807) is 12.1 Å². The Labute approximate surface area is 146 Å². The molecule has 0 spiro atoms. The van der Waals surface area contributed by atoms with Gasteiger partial charge >= 0.3 is 0 Å². The quantitative estimate of drug-likeness (QED) is 0.876. The Morgan fingerprint density at radius 2 is 1.92 bits per heavy atom. The first-order valence-corrected chi connectivity index (χ1v) is 8.30. The Balaban J connectivity index is 1.55. The third-order valence-electron chi connectivity index (χ3n) is 4.14. The minimum Gasteiger partial charge on any atom is -0.352 e. The summed E-state index contributed by atoms with van der Waals surface area (Å²) in [6.45, 7) is 1.95. The highest BCUT2D eigenvalue weighted by Crippen LogP contribution is 2.41. The molecule has 2 aromatic rings. The number of nitrogens with one attached hydrogen (secondary N) is 2. The lowest BCUT2D eigenvalue weighted by molar-refractivity contribution is -0.119. The molecular formula is C19H19ClN2O2. The van der Waals surface area contributed by atoms with Crippen LogP contribution in [0, 0.1) is 0 Å². The van der Waals surface area contributed by atoms with Crippen LogP contribution in [0.15, 0.2) is 48.5 Å². The van der Waals surface area contributed by atoms with Crippen LogP contribution >= 0.6 is 11.6 Å². The molecule has 1 saturated carbocycles. The van der Waals surface area contributed by atoms with Crippen LogP contribution in [0.2, 0.25) is 5.02 Å². The zero-order valence-corrected chi connectivity index (χ0v) is 14.1. The van der Waals surface area contributed by atoms with E-state index >= 15 is 0 Å². The zero-order chi connectivity index (χ0) is 17.1. The Kier molecular flexibility index (Phi) is 4.86. The average Bonchev–Trinajstić information content (AvgIpc) is 3.32. The molecule has 2 atom stereocenters. The van der Waals surface area contributed by atoms with Crippen molar-refractivity contribution >= 4 is 23.4 Å². The number of halogens is 1. The Morgan fingerprint density at radius 3 is 2.58 bits per heavy atom. The third-order valence-corrected chi connectivity index (χ3v) is 4.38. The highest BCUT2D eigenvalue weighted by molar-refractivity contribution is 6.30. The van der Waals surface area contributed by atoms with E-state index in [4.69, 9.17) is 11.6 Å². The van der Waals surface area contributed by atoms with Crippen LogP contribution in [0.1, 0.15) is 40.7 Å². The maximum absolute atomic E-state index is 12.3. The maximum atomic E-state index is 12.3. The molecule has 0 aliphatic heterocycles. The average molecular weight is 343 g/mol. The fourth-order valence-corrected chi connectivity index (χ4v) is 2.91. The molecule has 2 amide bonds. The Hall–Kier alpha value is -2.33. The van der Waals surface area contributed by atoms with E-state index in [0.29, 0.717) is 18.0 Å². The summed E-state index contributed by atoms with van der Waals surface area (Å²) in [5.41, 5.74) is 2.75. The predicted octanol–water partition coefficient (Wildman–Crippen LogP) is 3.26. The highest BCUT2D eigenvalue weighted by Gasteiger charge is 2.39. The number of amides is 2. The monoisotopic (exact) mass is 342 g/mol. The molecule has 24 heavy (non-hydrogen) atoms. The van der Waals surface area contributed by atoms with Gasteiger partial charge in [-0.25, -0.2) is 0 Å². The number of hydrogen-bond acceptors (Lipinski definition) is 2. The molecular weight excluding hydrogens is 324 g/mol. The molecule has 5 heteroatoms. The van der Waals surface area contributed by atoms with Gasteiger partial charge in [0.1, 0.15) is 0 Å². The maximum Gasteiger partial charge on any atom is 0.251 e. The Bertz CT molecular complexity index is 758. The van der Waals surface area contributed by atoms with Crippen LogP contribution in [-0.2, 0) is 11.3 Å². The van der Waals surface area contributed by atoms with Crippen LogP contribution in [0.3, 0.4) is 0 Å². The van der Waals surface area contributed by atoms with Crippen molar-refractivity contribution in [1.82, 2.24) is 10.6 Å². The van der Waals surface area contributed by atoms with E-state index in [9.17, 15) is 9.59 Å². The van der Waals surface area contributed by atoms with Crippen LogP contribution < -0.4 is 10.6 Å². The van der Waals surface area contributed by atoms with E-state index in [1.807, 2.05) is 36.4 Å². The van der Waals surface area contributed by atoms with E-state index < -0.39 is 0 Å². The smallest absolute Gasteiger partial charge is 0.251 e. The molecule has 0 aromatic heterocycles. The van der Waals surface area contributed by atoms with Gasteiger partial charge < -0.3 is 10.6 Å². The predicted molar refractivity (Wildman–Crippen MR) is 94.0 cm³/mol. The summed E-state index contributed by atoms with van der Waals surface area (Å²) >= 11 is 6.01. The molecule has 0 saturated heterocycles. The van der Waals surface area contributed by atoms with Gasteiger partial charge in [-0.3, -0.25) is 9.59 Å². The molecule has 1 aliphatic carbocycles. The minimum atomic E-state index is -0.0735. The van der Waals surface area contributed by atoms with Gasteiger partial charge in [0, 0.05) is 36.0 Å². The second kappa shape index (κ2) is 7.05. The van der Waals surface area contributed by atoms with Gasteiger partial charge in [0.15, 0.2) is 0 Å². The van der Waals surface area contributed by atoms with E-state index in [1.165, 1.54) is 12.5 Å². The number of hydrogen-bond donors (Lipinski definition) is 2. The second-order valence-electron chi connectivity index (χ2n) is 6.08. The first-order valence-electron chi connectivity index (χ1n) is 7.92. The number of rotatable bonds is 5. The molecule has 2 N–H and O–H groups in total. The topological polar surface area (TPSA) is 58.2 Å². The van der Waals surface area contributed by atoms with Crippen molar-refractivity contribution in [2.45, 2.75) is 31.8 Å². The van der Waals surface area contributed by atoms with Crippen molar-refractivity contribution in [3.05, 3.63) is 70.2 Å². The summed E-state index contributed by atoms with van der Waals surface area (Å²) in [6, 6.07) is 15.2. The molecule has 2 aromatic carbocycles. The van der Waals surface area contributed by atoms with Crippen LogP contribution in [0.25, 0.3) is 0 Å². The molecule has 0 unspecified atom stereocenters. The van der Waals surface area contributed by atoms with Crippen molar-refractivity contribution < 1.29 is 9.59 Å². The van der Waals surface area contributed by atoms with E-state index in [0.717, 1.165) is 17.0 Å². The lowest BCUT2D eigenvalue weighted by atomic mass is 10.1. The lowest BCUT2D eigenvalue weighted by Crippen LogP contribution is -2.26. The molecule has 124 valence electrons. The number of carbonyl (C=O) groups excluding carboxylic acids is 2. The van der Waals surface area contributed by atoms with E-state index in [-0.39, 0.29) is 17.9 Å².